The Bertz CT molecular complexity index is 867. The molecule has 4 atom stereocenters. The van der Waals surface area contributed by atoms with Crippen molar-refractivity contribution in [2.24, 2.45) is 0 Å². The molecule has 9 heteroatoms. The van der Waals surface area contributed by atoms with Crippen molar-refractivity contribution >= 4 is 17.0 Å². The summed E-state index contributed by atoms with van der Waals surface area (Å²) in [4.78, 5) is 15.9. The number of ether oxygens (including phenoxy) is 3. The number of imidazole rings is 1. The molecule has 1 spiro atoms. The van der Waals surface area contributed by atoms with Crippen LogP contribution < -0.4 is 4.90 Å². The van der Waals surface area contributed by atoms with Crippen LogP contribution in [0.15, 0.2) is 12.7 Å². The predicted octanol–water partition coefficient (Wildman–Crippen LogP) is 0.750. The monoisotopic (exact) mass is 389 g/mol. The van der Waals surface area contributed by atoms with Crippen molar-refractivity contribution in [3.8, 4) is 0 Å². The number of morpholine rings is 1. The van der Waals surface area contributed by atoms with Gasteiger partial charge in [-0.15, -0.1) is 0 Å². The van der Waals surface area contributed by atoms with Gasteiger partial charge in [0.2, 0.25) is 0 Å². The minimum absolute atomic E-state index is 0.0456. The Morgan fingerprint density at radius 3 is 2.86 bits per heavy atom. The molecule has 5 heterocycles. The van der Waals surface area contributed by atoms with Crippen LogP contribution in [0.25, 0.3) is 11.2 Å². The van der Waals surface area contributed by atoms with Gasteiger partial charge in [-0.2, -0.15) is 0 Å². The van der Waals surface area contributed by atoms with Gasteiger partial charge >= 0.3 is 0 Å². The molecule has 3 saturated heterocycles. The largest absolute Gasteiger partial charge is 0.386 e. The molecular formula is C19H27N5O4. The molecule has 0 saturated carbocycles. The quantitative estimate of drug-likeness (QED) is 0.822. The lowest BCUT2D eigenvalue weighted by molar-refractivity contribution is -0.126. The van der Waals surface area contributed by atoms with Crippen molar-refractivity contribution in [2.45, 2.75) is 56.6 Å². The molecule has 2 aromatic heterocycles. The van der Waals surface area contributed by atoms with E-state index in [9.17, 15) is 5.11 Å². The van der Waals surface area contributed by atoms with Crippen molar-refractivity contribution in [1.29, 1.82) is 0 Å². The molecule has 28 heavy (non-hydrogen) atoms. The van der Waals surface area contributed by atoms with Crippen molar-refractivity contribution in [3.05, 3.63) is 12.7 Å². The maximum Gasteiger partial charge on any atom is 0.165 e. The first-order valence-electron chi connectivity index (χ1n) is 9.98. The molecule has 0 bridgehead atoms. The molecule has 3 aliphatic rings. The number of nitrogens with zero attached hydrogens (tertiary/aromatic N) is 5. The Labute approximate surface area is 163 Å². The van der Waals surface area contributed by atoms with E-state index in [-0.39, 0.29) is 17.8 Å². The van der Waals surface area contributed by atoms with Crippen LogP contribution in [-0.4, -0.2) is 80.9 Å². The first kappa shape index (κ1) is 18.2. The summed E-state index contributed by atoms with van der Waals surface area (Å²) in [6, 6.07) is 0. The van der Waals surface area contributed by atoms with Gasteiger partial charge in [-0.25, -0.2) is 15.0 Å². The standard InChI is InChI=1S/C19H27N5O4/c1-13-7-23(9-19(28-13)4-6-27-14(19)2)16-15-17(21-11-20-16)24(12-22-15)8-18(25)3-5-26-10-18/h11-14,25H,3-10H2,1-2H3. The number of rotatable bonds is 3. The van der Waals surface area contributed by atoms with Crippen LogP contribution in [0.1, 0.15) is 26.7 Å². The summed E-state index contributed by atoms with van der Waals surface area (Å²) < 4.78 is 19.4. The Hall–Kier alpha value is -1.81. The topological polar surface area (TPSA) is 94.8 Å². The highest BCUT2D eigenvalue weighted by Gasteiger charge is 2.48. The minimum Gasteiger partial charge on any atom is -0.386 e. The first-order chi connectivity index (χ1) is 13.5. The number of anilines is 1. The lowest BCUT2D eigenvalue weighted by atomic mass is 9.93. The second kappa shape index (κ2) is 6.62. The number of aliphatic hydroxyl groups is 1. The summed E-state index contributed by atoms with van der Waals surface area (Å²) in [6.07, 6.45) is 4.93. The lowest BCUT2D eigenvalue weighted by Gasteiger charge is -2.45. The van der Waals surface area contributed by atoms with E-state index in [4.69, 9.17) is 14.2 Å². The molecule has 0 aromatic carbocycles. The smallest absolute Gasteiger partial charge is 0.165 e. The summed E-state index contributed by atoms with van der Waals surface area (Å²) in [7, 11) is 0. The number of fused-ring (bicyclic) bond motifs is 1. The van der Waals surface area contributed by atoms with Crippen LogP contribution in [-0.2, 0) is 20.8 Å². The number of hydrogen-bond acceptors (Lipinski definition) is 8. The summed E-state index contributed by atoms with van der Waals surface area (Å²) in [5, 5.41) is 10.7. The van der Waals surface area contributed by atoms with Gasteiger partial charge in [0.25, 0.3) is 0 Å². The molecule has 5 rings (SSSR count). The van der Waals surface area contributed by atoms with Crippen LogP contribution in [0.2, 0.25) is 0 Å². The van der Waals surface area contributed by atoms with Gasteiger partial charge < -0.3 is 28.8 Å². The fraction of sp³-hybridized carbons (Fsp3) is 0.737. The normalized spacial score (nSPS) is 36.0. The van der Waals surface area contributed by atoms with E-state index in [1.165, 1.54) is 0 Å². The number of aromatic nitrogens is 4. The van der Waals surface area contributed by atoms with E-state index < -0.39 is 5.60 Å². The number of hydrogen-bond donors (Lipinski definition) is 1. The van der Waals surface area contributed by atoms with E-state index in [1.54, 1.807) is 12.7 Å². The molecule has 0 aliphatic carbocycles. The van der Waals surface area contributed by atoms with E-state index in [0.29, 0.717) is 26.2 Å². The average molecular weight is 389 g/mol. The zero-order chi connectivity index (χ0) is 19.4. The van der Waals surface area contributed by atoms with Crippen LogP contribution in [0, 0.1) is 0 Å². The van der Waals surface area contributed by atoms with Crippen LogP contribution >= 0.6 is 0 Å². The highest BCUT2D eigenvalue weighted by atomic mass is 16.6. The molecule has 1 N–H and O–H groups in total. The third kappa shape index (κ3) is 2.97. The Morgan fingerprint density at radius 2 is 2.11 bits per heavy atom. The van der Waals surface area contributed by atoms with Gasteiger partial charge in [-0.05, 0) is 13.8 Å². The molecule has 2 aromatic rings. The maximum absolute atomic E-state index is 10.7. The van der Waals surface area contributed by atoms with Crippen LogP contribution in [0.5, 0.6) is 0 Å². The zero-order valence-corrected chi connectivity index (χ0v) is 16.4. The van der Waals surface area contributed by atoms with Crippen molar-refractivity contribution < 1.29 is 19.3 Å². The molecular weight excluding hydrogens is 362 g/mol. The van der Waals surface area contributed by atoms with E-state index in [2.05, 4.69) is 33.7 Å². The fourth-order valence-corrected chi connectivity index (χ4v) is 4.71. The first-order valence-corrected chi connectivity index (χ1v) is 9.98. The Morgan fingerprint density at radius 1 is 1.21 bits per heavy atom. The summed E-state index contributed by atoms with van der Waals surface area (Å²) >= 11 is 0. The summed E-state index contributed by atoms with van der Waals surface area (Å²) in [5.41, 5.74) is 0.302. The van der Waals surface area contributed by atoms with E-state index in [1.807, 2.05) is 4.57 Å². The van der Waals surface area contributed by atoms with E-state index >= 15 is 0 Å². The summed E-state index contributed by atoms with van der Waals surface area (Å²) in [6.45, 7) is 7.68. The molecule has 3 fully saturated rings. The molecule has 9 nitrogen and oxygen atoms in total. The van der Waals surface area contributed by atoms with Gasteiger partial charge in [0.05, 0.1) is 38.2 Å². The molecule has 0 radical (unpaired) electrons. The minimum atomic E-state index is -0.868. The fourth-order valence-electron chi connectivity index (χ4n) is 4.71. The van der Waals surface area contributed by atoms with Gasteiger partial charge in [-0.1, -0.05) is 0 Å². The van der Waals surface area contributed by atoms with Gasteiger partial charge in [0.1, 0.15) is 17.5 Å². The van der Waals surface area contributed by atoms with Crippen molar-refractivity contribution in [1.82, 2.24) is 19.5 Å². The third-order valence-corrected chi connectivity index (χ3v) is 6.23. The molecule has 0 amide bonds. The van der Waals surface area contributed by atoms with Crippen molar-refractivity contribution in [2.75, 3.05) is 37.8 Å². The zero-order valence-electron chi connectivity index (χ0n) is 16.4. The van der Waals surface area contributed by atoms with Crippen LogP contribution in [0.4, 0.5) is 5.82 Å². The Kier molecular flexibility index (Phi) is 4.31. The highest BCUT2D eigenvalue weighted by Crippen LogP contribution is 2.37. The summed E-state index contributed by atoms with van der Waals surface area (Å²) in [5.74, 6) is 0.812. The third-order valence-electron chi connectivity index (χ3n) is 6.23. The highest BCUT2D eigenvalue weighted by molar-refractivity contribution is 5.83. The average Bonchev–Trinajstić information content (AvgIpc) is 3.36. The SMILES string of the molecule is CC1CN(c2ncnc3c2ncn3CC2(O)CCOC2)CC2(CCOC2C)O1. The van der Waals surface area contributed by atoms with Gasteiger partial charge in [-0.3, -0.25) is 0 Å². The second-order valence-corrected chi connectivity index (χ2v) is 8.41. The molecule has 152 valence electrons. The second-order valence-electron chi connectivity index (χ2n) is 8.41. The molecule has 3 aliphatic heterocycles. The van der Waals surface area contributed by atoms with Crippen LogP contribution in [0.3, 0.4) is 0 Å². The molecule has 4 unspecified atom stereocenters. The van der Waals surface area contributed by atoms with Gasteiger partial charge in [0.15, 0.2) is 17.0 Å². The maximum atomic E-state index is 10.7. The van der Waals surface area contributed by atoms with Gasteiger partial charge in [0, 0.05) is 32.6 Å². The van der Waals surface area contributed by atoms with E-state index in [0.717, 1.165) is 43.1 Å². The lowest BCUT2D eigenvalue weighted by Crippen LogP contribution is -2.58. The Balaban J connectivity index is 1.47. The predicted molar refractivity (Wildman–Crippen MR) is 101 cm³/mol. The van der Waals surface area contributed by atoms with Crippen molar-refractivity contribution in [3.63, 3.8) is 0 Å².